The number of aliphatic hydroxyl groups is 1. The Labute approximate surface area is 99.7 Å². The molecule has 1 atom stereocenters. The molecule has 92 valence electrons. The van der Waals surface area contributed by atoms with Crippen LogP contribution in [0.5, 0.6) is 0 Å². The van der Waals surface area contributed by atoms with E-state index in [2.05, 4.69) is 23.9 Å². The van der Waals surface area contributed by atoms with Crippen LogP contribution in [0.15, 0.2) is 24.9 Å². The van der Waals surface area contributed by atoms with Gasteiger partial charge in [0.05, 0.1) is 42.8 Å². The molecule has 3 N–H and O–H groups in total. The first-order valence-corrected chi connectivity index (χ1v) is 5.56. The molecule has 0 saturated carbocycles. The smallest absolute Gasteiger partial charge is 0.0995 e. The Hall–Kier alpha value is -1.66. The standard InChI is InChI=1S/C11H17N5O/c1-8(2)16-5-9(3-14-16)15-7-13-4-11(15)10(12)6-17/h3-5,7-8,10,17H,6,12H2,1-2H3. The van der Waals surface area contributed by atoms with Crippen molar-refractivity contribution < 1.29 is 5.11 Å². The number of aromatic nitrogens is 4. The van der Waals surface area contributed by atoms with Crippen LogP contribution >= 0.6 is 0 Å². The first-order valence-electron chi connectivity index (χ1n) is 5.56. The fourth-order valence-corrected chi connectivity index (χ4v) is 1.62. The molecule has 2 rings (SSSR count). The third-order valence-electron chi connectivity index (χ3n) is 2.64. The molecular formula is C11H17N5O. The highest BCUT2D eigenvalue weighted by Gasteiger charge is 2.13. The highest BCUT2D eigenvalue weighted by atomic mass is 16.3. The first kappa shape index (κ1) is 11.8. The maximum atomic E-state index is 9.08. The highest BCUT2D eigenvalue weighted by Crippen LogP contribution is 2.16. The van der Waals surface area contributed by atoms with Crippen LogP contribution < -0.4 is 5.73 Å². The zero-order chi connectivity index (χ0) is 12.4. The van der Waals surface area contributed by atoms with Gasteiger partial charge in [-0.3, -0.25) is 9.25 Å². The van der Waals surface area contributed by atoms with E-state index in [1.807, 2.05) is 15.4 Å². The average molecular weight is 235 g/mol. The molecule has 6 nitrogen and oxygen atoms in total. The van der Waals surface area contributed by atoms with Gasteiger partial charge in [0.1, 0.15) is 0 Å². The second kappa shape index (κ2) is 4.68. The van der Waals surface area contributed by atoms with Gasteiger partial charge in [-0.1, -0.05) is 0 Å². The summed E-state index contributed by atoms with van der Waals surface area (Å²) >= 11 is 0. The van der Waals surface area contributed by atoms with Crippen molar-refractivity contribution in [2.75, 3.05) is 6.61 Å². The molecule has 2 heterocycles. The van der Waals surface area contributed by atoms with Crippen molar-refractivity contribution in [3.05, 3.63) is 30.6 Å². The minimum atomic E-state index is -0.431. The van der Waals surface area contributed by atoms with E-state index in [9.17, 15) is 0 Å². The quantitative estimate of drug-likeness (QED) is 0.814. The van der Waals surface area contributed by atoms with Crippen molar-refractivity contribution in [1.82, 2.24) is 19.3 Å². The SMILES string of the molecule is CC(C)n1cc(-n2cncc2C(N)CO)cn1. The second-order valence-corrected chi connectivity index (χ2v) is 4.25. The Morgan fingerprint density at radius 3 is 2.76 bits per heavy atom. The summed E-state index contributed by atoms with van der Waals surface area (Å²) < 4.78 is 3.70. The van der Waals surface area contributed by atoms with E-state index in [1.165, 1.54) is 0 Å². The number of nitrogens with two attached hydrogens (primary N) is 1. The van der Waals surface area contributed by atoms with Gasteiger partial charge in [-0.05, 0) is 13.8 Å². The maximum Gasteiger partial charge on any atom is 0.0995 e. The lowest BCUT2D eigenvalue weighted by Crippen LogP contribution is -2.17. The maximum absolute atomic E-state index is 9.08. The van der Waals surface area contributed by atoms with Crippen LogP contribution in [0.1, 0.15) is 31.6 Å². The number of hydrogen-bond acceptors (Lipinski definition) is 4. The summed E-state index contributed by atoms with van der Waals surface area (Å²) in [7, 11) is 0. The molecule has 0 spiro atoms. The predicted octanol–water partition coefficient (Wildman–Crippen LogP) is 0.642. The third-order valence-corrected chi connectivity index (χ3v) is 2.64. The van der Waals surface area contributed by atoms with Gasteiger partial charge in [-0.25, -0.2) is 4.98 Å². The van der Waals surface area contributed by atoms with Crippen LogP contribution in [0.4, 0.5) is 0 Å². The van der Waals surface area contributed by atoms with Crippen LogP contribution in [-0.4, -0.2) is 31.0 Å². The molecule has 0 fully saturated rings. The molecule has 6 heteroatoms. The lowest BCUT2D eigenvalue weighted by Gasteiger charge is -2.10. The van der Waals surface area contributed by atoms with Gasteiger partial charge in [0.2, 0.25) is 0 Å². The van der Waals surface area contributed by atoms with Crippen LogP contribution in [-0.2, 0) is 0 Å². The van der Waals surface area contributed by atoms with E-state index in [0.717, 1.165) is 11.4 Å². The summed E-state index contributed by atoms with van der Waals surface area (Å²) in [6.45, 7) is 4.01. The van der Waals surface area contributed by atoms with Crippen LogP contribution in [0.2, 0.25) is 0 Å². The summed E-state index contributed by atoms with van der Waals surface area (Å²) in [5, 5.41) is 13.3. The molecule has 2 aromatic heterocycles. The summed E-state index contributed by atoms with van der Waals surface area (Å²) in [6, 6.07) is -0.123. The van der Waals surface area contributed by atoms with Crippen molar-refractivity contribution in [2.45, 2.75) is 25.9 Å². The number of nitrogens with zero attached hydrogens (tertiary/aromatic N) is 4. The van der Waals surface area contributed by atoms with Crippen molar-refractivity contribution in [2.24, 2.45) is 5.73 Å². The second-order valence-electron chi connectivity index (χ2n) is 4.25. The van der Waals surface area contributed by atoms with E-state index in [-0.39, 0.29) is 6.61 Å². The largest absolute Gasteiger partial charge is 0.394 e. The Morgan fingerprint density at radius 1 is 1.41 bits per heavy atom. The highest BCUT2D eigenvalue weighted by molar-refractivity contribution is 5.29. The van der Waals surface area contributed by atoms with Crippen LogP contribution in [0.25, 0.3) is 5.69 Å². The summed E-state index contributed by atoms with van der Waals surface area (Å²) in [5.41, 5.74) is 7.48. The summed E-state index contributed by atoms with van der Waals surface area (Å²) in [6.07, 6.45) is 7.02. The van der Waals surface area contributed by atoms with Gasteiger partial charge in [0.15, 0.2) is 0 Å². The molecule has 1 unspecified atom stereocenters. The van der Waals surface area contributed by atoms with Crippen molar-refractivity contribution in [3.63, 3.8) is 0 Å². The molecule has 0 aliphatic carbocycles. The predicted molar refractivity (Wildman–Crippen MR) is 63.7 cm³/mol. The Bertz CT molecular complexity index is 488. The zero-order valence-corrected chi connectivity index (χ0v) is 9.98. The van der Waals surface area contributed by atoms with Gasteiger partial charge in [0, 0.05) is 12.2 Å². The number of aliphatic hydroxyl groups excluding tert-OH is 1. The third kappa shape index (κ3) is 2.22. The normalized spacial score (nSPS) is 13.2. The molecule has 17 heavy (non-hydrogen) atoms. The summed E-state index contributed by atoms with van der Waals surface area (Å²) in [4.78, 5) is 4.06. The fraction of sp³-hybridized carbons (Fsp3) is 0.455. The molecular weight excluding hydrogens is 218 g/mol. The van der Waals surface area contributed by atoms with Crippen molar-refractivity contribution in [3.8, 4) is 5.69 Å². The molecule has 2 aromatic rings. The molecule has 0 amide bonds. The van der Waals surface area contributed by atoms with Crippen LogP contribution in [0, 0.1) is 0 Å². The molecule has 0 saturated heterocycles. The van der Waals surface area contributed by atoms with E-state index < -0.39 is 6.04 Å². The average Bonchev–Trinajstić information content (AvgIpc) is 2.95. The van der Waals surface area contributed by atoms with E-state index >= 15 is 0 Å². The molecule has 0 aromatic carbocycles. The topological polar surface area (TPSA) is 81.9 Å². The Morgan fingerprint density at radius 2 is 2.18 bits per heavy atom. The van der Waals surface area contributed by atoms with Crippen molar-refractivity contribution >= 4 is 0 Å². The van der Waals surface area contributed by atoms with Crippen LogP contribution in [0.3, 0.4) is 0 Å². The zero-order valence-electron chi connectivity index (χ0n) is 9.98. The Kier molecular flexibility index (Phi) is 3.26. The Balaban J connectivity index is 2.36. The van der Waals surface area contributed by atoms with Gasteiger partial charge in [-0.2, -0.15) is 5.10 Å². The minimum Gasteiger partial charge on any atom is -0.394 e. The molecule has 0 aliphatic rings. The number of imidazole rings is 1. The van der Waals surface area contributed by atoms with Gasteiger partial charge >= 0.3 is 0 Å². The molecule has 0 bridgehead atoms. The molecule has 0 radical (unpaired) electrons. The lowest BCUT2D eigenvalue weighted by molar-refractivity contribution is 0.265. The monoisotopic (exact) mass is 235 g/mol. The van der Waals surface area contributed by atoms with E-state index in [1.54, 1.807) is 18.7 Å². The van der Waals surface area contributed by atoms with Gasteiger partial charge in [-0.15, -0.1) is 0 Å². The van der Waals surface area contributed by atoms with Gasteiger partial charge in [0.25, 0.3) is 0 Å². The van der Waals surface area contributed by atoms with E-state index in [0.29, 0.717) is 6.04 Å². The van der Waals surface area contributed by atoms with Crippen molar-refractivity contribution in [1.29, 1.82) is 0 Å². The minimum absolute atomic E-state index is 0.107. The first-order chi connectivity index (χ1) is 8.13. The lowest BCUT2D eigenvalue weighted by atomic mass is 10.2. The number of rotatable bonds is 4. The molecule has 0 aliphatic heterocycles. The van der Waals surface area contributed by atoms with E-state index in [4.69, 9.17) is 10.8 Å². The number of hydrogen-bond donors (Lipinski definition) is 2. The summed E-state index contributed by atoms with van der Waals surface area (Å²) in [5.74, 6) is 0. The van der Waals surface area contributed by atoms with Gasteiger partial charge < -0.3 is 10.8 Å². The fourth-order valence-electron chi connectivity index (χ4n) is 1.62.